The highest BCUT2D eigenvalue weighted by Crippen LogP contribution is 2.32. The lowest BCUT2D eigenvalue weighted by Gasteiger charge is -2.35. The largest absolute Gasteiger partial charge is 0.369 e. The molecule has 19 heavy (non-hydrogen) atoms. The summed E-state index contributed by atoms with van der Waals surface area (Å²) in [6, 6.07) is 11.6. The summed E-state index contributed by atoms with van der Waals surface area (Å²) in [6.07, 6.45) is 6.16. The number of nitrogens with zero attached hydrogens (tertiary/aromatic N) is 2. The van der Waals surface area contributed by atoms with Crippen molar-refractivity contribution in [2.24, 2.45) is 0 Å². The molecule has 2 aromatic rings. The van der Waals surface area contributed by atoms with Gasteiger partial charge in [0.15, 0.2) is 0 Å². The Bertz CT molecular complexity index is 561. The third-order valence-corrected chi connectivity index (χ3v) is 3.87. The zero-order chi connectivity index (χ0) is 13.2. The molecule has 0 amide bonds. The van der Waals surface area contributed by atoms with E-state index in [1.54, 1.807) is 0 Å². The summed E-state index contributed by atoms with van der Waals surface area (Å²) in [4.78, 5) is 6.59. The first-order valence-corrected chi connectivity index (χ1v) is 7.05. The second-order valence-corrected chi connectivity index (χ2v) is 5.47. The third-order valence-electron chi connectivity index (χ3n) is 3.87. The average Bonchev–Trinajstić information content (AvgIpc) is 2.47. The van der Waals surface area contributed by atoms with Gasteiger partial charge in [0, 0.05) is 30.7 Å². The van der Waals surface area contributed by atoms with Crippen molar-refractivity contribution in [3.63, 3.8) is 0 Å². The lowest BCUT2D eigenvalue weighted by atomic mass is 9.96. The molecule has 1 aromatic carbocycles. The summed E-state index contributed by atoms with van der Waals surface area (Å²) in [6.45, 7) is 5.72. The SMILES string of the molecule is CC(C)N1CCCc2cc(-c3ccncc3)ccc21. The molecule has 0 spiro atoms. The Morgan fingerprint density at radius 1 is 1.05 bits per heavy atom. The quantitative estimate of drug-likeness (QED) is 0.805. The van der Waals surface area contributed by atoms with Gasteiger partial charge in [0.05, 0.1) is 0 Å². The number of fused-ring (bicyclic) bond motifs is 1. The molecule has 0 saturated heterocycles. The van der Waals surface area contributed by atoms with Crippen LogP contribution in [0.15, 0.2) is 42.7 Å². The number of benzene rings is 1. The molecule has 2 heterocycles. The van der Waals surface area contributed by atoms with E-state index in [1.807, 2.05) is 12.4 Å². The predicted octanol–water partition coefficient (Wildman–Crippen LogP) is 3.91. The van der Waals surface area contributed by atoms with Gasteiger partial charge >= 0.3 is 0 Å². The lowest BCUT2D eigenvalue weighted by Crippen LogP contribution is -2.35. The van der Waals surface area contributed by atoms with Gasteiger partial charge in [-0.25, -0.2) is 0 Å². The summed E-state index contributed by atoms with van der Waals surface area (Å²) in [5.74, 6) is 0. The van der Waals surface area contributed by atoms with E-state index >= 15 is 0 Å². The van der Waals surface area contributed by atoms with Crippen molar-refractivity contribution in [1.29, 1.82) is 0 Å². The minimum absolute atomic E-state index is 0.575. The van der Waals surface area contributed by atoms with E-state index in [2.05, 4.69) is 54.1 Å². The predicted molar refractivity (Wildman–Crippen MR) is 80.5 cm³/mol. The van der Waals surface area contributed by atoms with Crippen molar-refractivity contribution in [1.82, 2.24) is 4.98 Å². The van der Waals surface area contributed by atoms with E-state index in [-0.39, 0.29) is 0 Å². The van der Waals surface area contributed by atoms with Crippen molar-refractivity contribution in [3.8, 4) is 11.1 Å². The minimum Gasteiger partial charge on any atom is -0.369 e. The molecule has 0 bridgehead atoms. The van der Waals surface area contributed by atoms with Crippen LogP contribution in [0.4, 0.5) is 5.69 Å². The zero-order valence-electron chi connectivity index (χ0n) is 11.6. The van der Waals surface area contributed by atoms with Crippen LogP contribution in [0.5, 0.6) is 0 Å². The van der Waals surface area contributed by atoms with Gasteiger partial charge < -0.3 is 4.90 Å². The first kappa shape index (κ1) is 12.2. The maximum Gasteiger partial charge on any atom is 0.0401 e. The molecular formula is C17H20N2. The van der Waals surface area contributed by atoms with Gasteiger partial charge in [-0.05, 0) is 67.6 Å². The fourth-order valence-corrected chi connectivity index (χ4v) is 2.89. The molecule has 3 rings (SSSR count). The first-order chi connectivity index (χ1) is 9.25. The van der Waals surface area contributed by atoms with Gasteiger partial charge in [-0.3, -0.25) is 4.98 Å². The monoisotopic (exact) mass is 252 g/mol. The van der Waals surface area contributed by atoms with Gasteiger partial charge in [0.1, 0.15) is 0 Å². The highest BCUT2D eigenvalue weighted by Gasteiger charge is 2.19. The molecule has 0 fully saturated rings. The van der Waals surface area contributed by atoms with Crippen molar-refractivity contribution in [2.45, 2.75) is 32.7 Å². The molecule has 1 aliphatic rings. The van der Waals surface area contributed by atoms with Crippen LogP contribution < -0.4 is 4.90 Å². The zero-order valence-corrected chi connectivity index (χ0v) is 11.6. The summed E-state index contributed by atoms with van der Waals surface area (Å²) in [5, 5.41) is 0. The Balaban J connectivity index is 2.00. The summed E-state index contributed by atoms with van der Waals surface area (Å²) in [7, 11) is 0. The van der Waals surface area contributed by atoms with Crippen molar-refractivity contribution in [2.75, 3.05) is 11.4 Å². The van der Waals surface area contributed by atoms with E-state index in [9.17, 15) is 0 Å². The van der Waals surface area contributed by atoms with Gasteiger partial charge in [0.2, 0.25) is 0 Å². The van der Waals surface area contributed by atoms with E-state index in [1.165, 1.54) is 41.8 Å². The Morgan fingerprint density at radius 3 is 2.58 bits per heavy atom. The summed E-state index contributed by atoms with van der Waals surface area (Å²) >= 11 is 0. The molecule has 0 atom stereocenters. The van der Waals surface area contributed by atoms with Crippen LogP contribution in [0.1, 0.15) is 25.8 Å². The number of hydrogen-bond donors (Lipinski definition) is 0. The highest BCUT2D eigenvalue weighted by molar-refractivity contribution is 5.69. The minimum atomic E-state index is 0.575. The lowest BCUT2D eigenvalue weighted by molar-refractivity contribution is 0.626. The summed E-state index contributed by atoms with van der Waals surface area (Å²) < 4.78 is 0. The maximum absolute atomic E-state index is 4.09. The number of pyridine rings is 1. The fraction of sp³-hybridized carbons (Fsp3) is 0.353. The van der Waals surface area contributed by atoms with Crippen molar-refractivity contribution < 1.29 is 0 Å². The van der Waals surface area contributed by atoms with Crippen LogP contribution in [0.2, 0.25) is 0 Å². The number of anilines is 1. The molecule has 98 valence electrons. The van der Waals surface area contributed by atoms with Crippen LogP contribution in [-0.2, 0) is 6.42 Å². The fourth-order valence-electron chi connectivity index (χ4n) is 2.89. The van der Waals surface area contributed by atoms with E-state index < -0.39 is 0 Å². The number of aryl methyl sites for hydroxylation is 1. The average molecular weight is 252 g/mol. The maximum atomic E-state index is 4.09. The van der Waals surface area contributed by atoms with E-state index in [4.69, 9.17) is 0 Å². The Hall–Kier alpha value is -1.83. The molecular weight excluding hydrogens is 232 g/mol. The second kappa shape index (κ2) is 5.04. The third kappa shape index (κ3) is 2.35. The molecule has 0 unspecified atom stereocenters. The van der Waals surface area contributed by atoms with Gasteiger partial charge in [-0.1, -0.05) is 6.07 Å². The first-order valence-electron chi connectivity index (χ1n) is 7.05. The topological polar surface area (TPSA) is 16.1 Å². The molecule has 2 nitrogen and oxygen atoms in total. The molecule has 0 saturated carbocycles. The van der Waals surface area contributed by atoms with Crippen molar-refractivity contribution in [3.05, 3.63) is 48.3 Å². The van der Waals surface area contributed by atoms with Crippen LogP contribution in [0.25, 0.3) is 11.1 Å². The Morgan fingerprint density at radius 2 is 1.84 bits per heavy atom. The number of aromatic nitrogens is 1. The number of rotatable bonds is 2. The molecule has 0 N–H and O–H groups in total. The molecule has 0 aliphatic carbocycles. The van der Waals surface area contributed by atoms with Crippen LogP contribution in [-0.4, -0.2) is 17.6 Å². The normalized spacial score (nSPS) is 14.6. The highest BCUT2D eigenvalue weighted by atomic mass is 15.2. The van der Waals surface area contributed by atoms with E-state index in [0.717, 1.165) is 0 Å². The Labute approximate surface area is 115 Å². The van der Waals surface area contributed by atoms with Crippen molar-refractivity contribution >= 4 is 5.69 Å². The van der Waals surface area contributed by atoms with Crippen LogP contribution in [0, 0.1) is 0 Å². The van der Waals surface area contributed by atoms with Crippen LogP contribution >= 0.6 is 0 Å². The van der Waals surface area contributed by atoms with Gasteiger partial charge in [-0.2, -0.15) is 0 Å². The van der Waals surface area contributed by atoms with Crippen LogP contribution in [0.3, 0.4) is 0 Å². The number of hydrogen-bond acceptors (Lipinski definition) is 2. The Kier molecular flexibility index (Phi) is 3.24. The second-order valence-electron chi connectivity index (χ2n) is 5.47. The molecule has 1 aliphatic heterocycles. The smallest absolute Gasteiger partial charge is 0.0401 e. The van der Waals surface area contributed by atoms with Gasteiger partial charge in [0.25, 0.3) is 0 Å². The van der Waals surface area contributed by atoms with Gasteiger partial charge in [-0.15, -0.1) is 0 Å². The molecule has 0 radical (unpaired) electrons. The molecule has 2 heteroatoms. The summed E-state index contributed by atoms with van der Waals surface area (Å²) in [5.41, 5.74) is 5.44. The standard InChI is InChI=1S/C17H20N2/c1-13(2)19-11-3-4-16-12-15(5-6-17(16)19)14-7-9-18-10-8-14/h5-10,12-13H,3-4,11H2,1-2H3. The molecule has 1 aromatic heterocycles. The van der Waals surface area contributed by atoms with E-state index in [0.29, 0.717) is 6.04 Å².